The van der Waals surface area contributed by atoms with E-state index in [1.54, 1.807) is 24.3 Å². The number of benzene rings is 2. The standard InChI is InChI=1S/C23H15F2NO5/c24-15-7-13-19(9-17(15)27)31-20-10-18(28)16(25)8-14(20)23(13)11-1-3-12(4-2-11)26-21(29)5-6-22(26)30/h1-4,7-10,13,23,28H,5-6H2. The summed E-state index contributed by atoms with van der Waals surface area (Å²) < 4.78 is 34.0. The molecule has 3 aliphatic rings. The largest absolute Gasteiger partial charge is 0.505 e. The number of phenolic OH excluding ortho intramolecular Hbond substituents is 1. The van der Waals surface area contributed by atoms with Gasteiger partial charge in [0, 0.05) is 42.4 Å². The van der Waals surface area contributed by atoms with Crippen molar-refractivity contribution >= 4 is 23.3 Å². The van der Waals surface area contributed by atoms with Gasteiger partial charge in [-0.15, -0.1) is 0 Å². The van der Waals surface area contributed by atoms with Crippen LogP contribution in [0.25, 0.3) is 0 Å². The van der Waals surface area contributed by atoms with Gasteiger partial charge in [0.2, 0.25) is 17.6 Å². The third kappa shape index (κ3) is 3.02. The van der Waals surface area contributed by atoms with Gasteiger partial charge in [-0.3, -0.25) is 19.3 Å². The maximum absolute atomic E-state index is 14.2. The van der Waals surface area contributed by atoms with Crippen molar-refractivity contribution in [1.29, 1.82) is 0 Å². The van der Waals surface area contributed by atoms with Crippen LogP contribution in [-0.2, 0) is 14.4 Å². The Morgan fingerprint density at radius 2 is 1.68 bits per heavy atom. The van der Waals surface area contributed by atoms with E-state index < -0.39 is 35.0 Å². The smallest absolute Gasteiger partial charge is 0.234 e. The number of halogens is 2. The van der Waals surface area contributed by atoms with E-state index in [0.29, 0.717) is 16.8 Å². The molecule has 2 aromatic carbocycles. The molecule has 0 radical (unpaired) electrons. The number of imide groups is 1. The molecule has 156 valence electrons. The summed E-state index contributed by atoms with van der Waals surface area (Å²) in [6.07, 6.45) is 2.50. The van der Waals surface area contributed by atoms with E-state index in [-0.39, 0.29) is 36.2 Å². The van der Waals surface area contributed by atoms with Crippen LogP contribution in [0.3, 0.4) is 0 Å². The van der Waals surface area contributed by atoms with Crippen LogP contribution in [0.1, 0.15) is 29.9 Å². The molecule has 0 aromatic heterocycles. The maximum Gasteiger partial charge on any atom is 0.234 e. The normalized spacial score (nSPS) is 22.5. The minimum Gasteiger partial charge on any atom is -0.505 e. The number of carbonyl (C=O) groups excluding carboxylic acids is 3. The van der Waals surface area contributed by atoms with Crippen molar-refractivity contribution in [1.82, 2.24) is 0 Å². The van der Waals surface area contributed by atoms with E-state index in [1.807, 2.05) is 0 Å². The van der Waals surface area contributed by atoms with E-state index in [9.17, 15) is 28.3 Å². The summed E-state index contributed by atoms with van der Waals surface area (Å²) in [5.74, 6) is -4.80. The Hall–Kier alpha value is -3.81. The van der Waals surface area contributed by atoms with E-state index in [0.717, 1.165) is 29.2 Å². The molecule has 0 bridgehead atoms. The lowest BCUT2D eigenvalue weighted by atomic mass is 9.75. The average molecular weight is 423 g/mol. The minimum atomic E-state index is -0.935. The monoisotopic (exact) mass is 423 g/mol. The third-order valence-corrected chi connectivity index (χ3v) is 5.73. The molecule has 2 unspecified atom stereocenters. The average Bonchev–Trinajstić information content (AvgIpc) is 3.07. The summed E-state index contributed by atoms with van der Waals surface area (Å²) in [6.45, 7) is 0. The molecule has 1 aliphatic carbocycles. The molecular weight excluding hydrogens is 408 g/mol. The Bertz CT molecular complexity index is 1200. The summed E-state index contributed by atoms with van der Waals surface area (Å²) in [5, 5.41) is 9.75. The SMILES string of the molecule is O=C1C=C2Oc3cc(O)c(F)cc3C(c3ccc(N4C(=O)CCC4=O)cc3)C2C=C1F. The van der Waals surface area contributed by atoms with E-state index in [2.05, 4.69) is 0 Å². The molecule has 31 heavy (non-hydrogen) atoms. The molecule has 5 rings (SSSR count). The molecular formula is C23H15F2NO5. The number of fused-ring (bicyclic) bond motifs is 2. The molecule has 2 amide bonds. The number of ketones is 1. The van der Waals surface area contributed by atoms with Crippen LogP contribution in [0.4, 0.5) is 14.5 Å². The number of amides is 2. The van der Waals surface area contributed by atoms with Crippen molar-refractivity contribution in [3.63, 3.8) is 0 Å². The van der Waals surface area contributed by atoms with Crippen LogP contribution in [0.15, 0.2) is 60.1 Å². The number of allylic oxidation sites excluding steroid dienone is 3. The number of rotatable bonds is 2. The number of phenols is 1. The van der Waals surface area contributed by atoms with Crippen molar-refractivity contribution in [2.75, 3.05) is 4.90 Å². The zero-order valence-electron chi connectivity index (χ0n) is 16.0. The number of carbonyl (C=O) groups is 3. The molecule has 1 fully saturated rings. The second-order valence-corrected chi connectivity index (χ2v) is 7.59. The van der Waals surface area contributed by atoms with Crippen LogP contribution >= 0.6 is 0 Å². The molecule has 2 heterocycles. The van der Waals surface area contributed by atoms with Crippen molar-refractivity contribution < 1.29 is 33.0 Å². The minimum absolute atomic E-state index is 0.156. The van der Waals surface area contributed by atoms with Crippen LogP contribution in [0.2, 0.25) is 0 Å². The lowest BCUT2D eigenvalue weighted by Gasteiger charge is -2.35. The Kier molecular flexibility index (Phi) is 4.25. The second kappa shape index (κ2) is 6.87. The molecule has 2 aromatic rings. The van der Waals surface area contributed by atoms with Gasteiger partial charge in [0.1, 0.15) is 11.5 Å². The van der Waals surface area contributed by atoms with E-state index >= 15 is 0 Å². The molecule has 1 saturated heterocycles. The van der Waals surface area contributed by atoms with Crippen molar-refractivity contribution in [2.45, 2.75) is 18.8 Å². The zero-order valence-corrected chi connectivity index (χ0v) is 16.0. The van der Waals surface area contributed by atoms with Crippen molar-refractivity contribution in [3.05, 3.63) is 77.1 Å². The molecule has 0 saturated carbocycles. The fourth-order valence-electron chi connectivity index (χ4n) is 4.27. The molecule has 0 spiro atoms. The molecule has 8 heteroatoms. The van der Waals surface area contributed by atoms with Gasteiger partial charge in [-0.2, -0.15) is 0 Å². The first-order valence-electron chi connectivity index (χ1n) is 9.62. The summed E-state index contributed by atoms with van der Waals surface area (Å²) >= 11 is 0. The summed E-state index contributed by atoms with van der Waals surface area (Å²) in [6, 6.07) is 8.76. The van der Waals surface area contributed by atoms with Crippen LogP contribution in [-0.4, -0.2) is 22.7 Å². The molecule has 2 atom stereocenters. The van der Waals surface area contributed by atoms with E-state index in [4.69, 9.17) is 4.74 Å². The summed E-state index contributed by atoms with van der Waals surface area (Å²) in [5.41, 5.74) is 1.42. The Labute approximate surface area is 175 Å². The van der Waals surface area contributed by atoms with Crippen molar-refractivity contribution in [2.24, 2.45) is 5.92 Å². The van der Waals surface area contributed by atoms with Gasteiger partial charge in [-0.1, -0.05) is 12.1 Å². The first kappa shape index (κ1) is 19.2. The second-order valence-electron chi connectivity index (χ2n) is 7.59. The predicted molar refractivity (Wildman–Crippen MR) is 104 cm³/mol. The quantitative estimate of drug-likeness (QED) is 0.746. The number of hydrogen-bond acceptors (Lipinski definition) is 5. The number of aromatic hydroxyl groups is 1. The number of anilines is 1. The highest BCUT2D eigenvalue weighted by Crippen LogP contribution is 2.49. The topological polar surface area (TPSA) is 83.9 Å². The van der Waals surface area contributed by atoms with Crippen LogP contribution in [0, 0.1) is 11.7 Å². The van der Waals surface area contributed by atoms with Gasteiger partial charge in [0.25, 0.3) is 0 Å². The number of hydrogen-bond donors (Lipinski definition) is 1. The zero-order chi connectivity index (χ0) is 21.9. The fraction of sp³-hybridized carbons (Fsp3) is 0.174. The van der Waals surface area contributed by atoms with Gasteiger partial charge in [0.05, 0.1) is 5.69 Å². The number of ether oxygens (including phenoxy) is 1. The molecule has 1 N–H and O–H groups in total. The predicted octanol–water partition coefficient (Wildman–Crippen LogP) is 3.65. The van der Waals surface area contributed by atoms with Gasteiger partial charge in [-0.05, 0) is 29.8 Å². The maximum atomic E-state index is 14.2. The van der Waals surface area contributed by atoms with Crippen LogP contribution < -0.4 is 9.64 Å². The Morgan fingerprint density at radius 3 is 2.35 bits per heavy atom. The summed E-state index contributed by atoms with van der Waals surface area (Å²) in [7, 11) is 0. The van der Waals surface area contributed by atoms with E-state index in [1.165, 1.54) is 0 Å². The first-order valence-corrected chi connectivity index (χ1v) is 9.62. The first-order chi connectivity index (χ1) is 14.8. The highest BCUT2D eigenvalue weighted by molar-refractivity contribution is 6.19. The van der Waals surface area contributed by atoms with Crippen LogP contribution in [0.5, 0.6) is 11.5 Å². The lowest BCUT2D eigenvalue weighted by Crippen LogP contribution is -2.29. The Balaban J connectivity index is 1.62. The highest BCUT2D eigenvalue weighted by Gasteiger charge is 2.39. The summed E-state index contributed by atoms with van der Waals surface area (Å²) in [4.78, 5) is 36.9. The molecule has 6 nitrogen and oxygen atoms in total. The number of nitrogens with zero attached hydrogens (tertiary/aromatic N) is 1. The highest BCUT2D eigenvalue weighted by atomic mass is 19.1. The van der Waals surface area contributed by atoms with Crippen molar-refractivity contribution in [3.8, 4) is 11.5 Å². The lowest BCUT2D eigenvalue weighted by molar-refractivity contribution is -0.121. The van der Waals surface area contributed by atoms with Gasteiger partial charge in [0.15, 0.2) is 17.4 Å². The van der Waals surface area contributed by atoms with Gasteiger partial charge >= 0.3 is 0 Å². The van der Waals surface area contributed by atoms with Gasteiger partial charge in [-0.25, -0.2) is 8.78 Å². The third-order valence-electron chi connectivity index (χ3n) is 5.73. The fourth-order valence-corrected chi connectivity index (χ4v) is 4.27. The van der Waals surface area contributed by atoms with Gasteiger partial charge < -0.3 is 9.84 Å². The Morgan fingerprint density at radius 1 is 1.00 bits per heavy atom. The molecule has 2 aliphatic heterocycles.